The summed E-state index contributed by atoms with van der Waals surface area (Å²) >= 11 is 11.7. The number of halogens is 2. The molecule has 1 atom stereocenters. The zero-order chi connectivity index (χ0) is 19.1. The molecular formula is C19H17Cl2NO4. The van der Waals surface area contributed by atoms with Crippen molar-refractivity contribution in [2.24, 2.45) is 0 Å². The third-order valence-corrected chi connectivity index (χ3v) is 4.12. The summed E-state index contributed by atoms with van der Waals surface area (Å²) in [5.74, 6) is -0.608. The van der Waals surface area contributed by atoms with Gasteiger partial charge in [0.15, 0.2) is 6.10 Å². The molecular weight excluding hydrogens is 377 g/mol. The third kappa shape index (κ3) is 5.51. The van der Waals surface area contributed by atoms with E-state index in [-0.39, 0.29) is 0 Å². The Morgan fingerprint density at radius 1 is 1.12 bits per heavy atom. The predicted octanol–water partition coefficient (Wildman–Crippen LogP) is 4.59. The number of amides is 1. The van der Waals surface area contributed by atoms with E-state index in [4.69, 9.17) is 32.7 Å². The van der Waals surface area contributed by atoms with Crippen LogP contribution in [0.3, 0.4) is 0 Å². The van der Waals surface area contributed by atoms with Crippen LogP contribution in [0.25, 0.3) is 6.08 Å². The molecule has 0 bridgehead atoms. The fourth-order valence-electron chi connectivity index (χ4n) is 2.03. The largest absolute Gasteiger partial charge is 0.495 e. The molecule has 0 radical (unpaired) electrons. The van der Waals surface area contributed by atoms with Crippen LogP contribution in [0, 0.1) is 0 Å². The number of esters is 1. The fraction of sp³-hybridized carbons (Fsp3) is 0.158. The van der Waals surface area contributed by atoms with Gasteiger partial charge in [0.2, 0.25) is 0 Å². The van der Waals surface area contributed by atoms with Crippen LogP contribution < -0.4 is 10.1 Å². The minimum absolute atomic E-state index is 0.381. The lowest BCUT2D eigenvalue weighted by molar-refractivity contribution is -0.148. The number of carbonyl (C=O) groups is 2. The Hall–Kier alpha value is -2.50. The first-order valence-electron chi connectivity index (χ1n) is 7.68. The molecule has 0 heterocycles. The first kappa shape index (κ1) is 19.8. The van der Waals surface area contributed by atoms with Gasteiger partial charge in [0.25, 0.3) is 5.91 Å². The van der Waals surface area contributed by atoms with Crippen molar-refractivity contribution < 1.29 is 19.1 Å². The molecule has 0 aliphatic rings. The predicted molar refractivity (Wildman–Crippen MR) is 103 cm³/mol. The molecule has 26 heavy (non-hydrogen) atoms. The fourth-order valence-corrected chi connectivity index (χ4v) is 2.34. The minimum Gasteiger partial charge on any atom is -0.495 e. The van der Waals surface area contributed by atoms with E-state index in [1.54, 1.807) is 42.5 Å². The highest BCUT2D eigenvalue weighted by molar-refractivity contribution is 6.42. The molecule has 0 aliphatic carbocycles. The molecule has 0 fully saturated rings. The second kappa shape index (κ2) is 9.27. The second-order valence-corrected chi connectivity index (χ2v) is 6.09. The topological polar surface area (TPSA) is 64.6 Å². The number of nitrogens with one attached hydrogen (secondary N) is 1. The molecule has 1 N–H and O–H groups in total. The Morgan fingerprint density at radius 2 is 1.85 bits per heavy atom. The highest BCUT2D eigenvalue weighted by atomic mass is 35.5. The summed E-state index contributed by atoms with van der Waals surface area (Å²) in [5.41, 5.74) is 1.18. The second-order valence-electron chi connectivity index (χ2n) is 5.28. The Balaban J connectivity index is 1.94. The first-order valence-corrected chi connectivity index (χ1v) is 8.44. The summed E-state index contributed by atoms with van der Waals surface area (Å²) < 4.78 is 10.3. The van der Waals surface area contributed by atoms with Gasteiger partial charge in [0.05, 0.1) is 22.8 Å². The Bertz CT molecular complexity index is 836. The average molecular weight is 394 g/mol. The van der Waals surface area contributed by atoms with Crippen LogP contribution in [-0.2, 0) is 14.3 Å². The van der Waals surface area contributed by atoms with Crippen LogP contribution in [0.1, 0.15) is 12.5 Å². The van der Waals surface area contributed by atoms with Gasteiger partial charge in [0.1, 0.15) is 5.75 Å². The molecule has 0 unspecified atom stereocenters. The normalized spacial score (nSPS) is 11.8. The summed E-state index contributed by atoms with van der Waals surface area (Å²) in [6.07, 6.45) is 1.76. The van der Waals surface area contributed by atoms with Gasteiger partial charge in [-0.15, -0.1) is 0 Å². The molecule has 2 aromatic rings. The average Bonchev–Trinajstić information content (AvgIpc) is 2.63. The summed E-state index contributed by atoms with van der Waals surface area (Å²) in [7, 11) is 1.50. The molecule has 2 rings (SSSR count). The summed E-state index contributed by atoms with van der Waals surface area (Å²) in [5, 5.41) is 3.46. The number of hydrogen-bond acceptors (Lipinski definition) is 4. The van der Waals surface area contributed by atoms with E-state index in [0.717, 1.165) is 0 Å². The van der Waals surface area contributed by atoms with Gasteiger partial charge >= 0.3 is 5.97 Å². The summed E-state index contributed by atoms with van der Waals surface area (Å²) in [6.45, 7) is 1.48. The molecule has 0 saturated carbocycles. The van der Waals surface area contributed by atoms with Crippen LogP contribution in [0.15, 0.2) is 48.5 Å². The molecule has 1 amide bonds. The van der Waals surface area contributed by atoms with Crippen LogP contribution in [0.5, 0.6) is 5.75 Å². The maximum atomic E-state index is 12.2. The van der Waals surface area contributed by atoms with E-state index >= 15 is 0 Å². The number of para-hydroxylation sites is 2. The maximum Gasteiger partial charge on any atom is 0.331 e. The first-order chi connectivity index (χ1) is 12.4. The van der Waals surface area contributed by atoms with Crippen molar-refractivity contribution in [1.29, 1.82) is 0 Å². The Kier molecular flexibility index (Phi) is 7.06. The van der Waals surface area contributed by atoms with Crippen LogP contribution >= 0.6 is 23.2 Å². The van der Waals surface area contributed by atoms with Gasteiger partial charge in [-0.2, -0.15) is 0 Å². The smallest absolute Gasteiger partial charge is 0.331 e. The van der Waals surface area contributed by atoms with Crippen LogP contribution in [-0.4, -0.2) is 25.1 Å². The highest BCUT2D eigenvalue weighted by Gasteiger charge is 2.18. The van der Waals surface area contributed by atoms with Crippen molar-refractivity contribution in [1.82, 2.24) is 0 Å². The number of ether oxygens (including phenoxy) is 2. The van der Waals surface area contributed by atoms with Gasteiger partial charge in [0, 0.05) is 6.08 Å². The Morgan fingerprint density at radius 3 is 2.54 bits per heavy atom. The third-order valence-electron chi connectivity index (χ3n) is 3.38. The lowest BCUT2D eigenvalue weighted by atomic mass is 10.2. The zero-order valence-corrected chi connectivity index (χ0v) is 15.7. The van der Waals surface area contributed by atoms with Crippen molar-refractivity contribution in [2.75, 3.05) is 12.4 Å². The molecule has 0 saturated heterocycles. The van der Waals surface area contributed by atoms with Gasteiger partial charge in [-0.25, -0.2) is 4.79 Å². The zero-order valence-electron chi connectivity index (χ0n) is 14.2. The number of benzene rings is 2. The lowest BCUT2D eigenvalue weighted by Crippen LogP contribution is -2.29. The van der Waals surface area contributed by atoms with Crippen molar-refractivity contribution in [2.45, 2.75) is 13.0 Å². The van der Waals surface area contributed by atoms with E-state index in [2.05, 4.69) is 5.32 Å². The van der Waals surface area contributed by atoms with Crippen LogP contribution in [0.4, 0.5) is 5.69 Å². The van der Waals surface area contributed by atoms with Gasteiger partial charge < -0.3 is 14.8 Å². The summed E-state index contributed by atoms with van der Waals surface area (Å²) in [4.78, 5) is 24.1. The number of carbonyl (C=O) groups excluding carboxylic acids is 2. The van der Waals surface area contributed by atoms with Crippen molar-refractivity contribution in [3.8, 4) is 5.75 Å². The lowest BCUT2D eigenvalue weighted by Gasteiger charge is -2.14. The molecule has 2 aromatic carbocycles. The van der Waals surface area contributed by atoms with Gasteiger partial charge in [-0.05, 0) is 42.8 Å². The number of anilines is 1. The van der Waals surface area contributed by atoms with E-state index < -0.39 is 18.0 Å². The van der Waals surface area contributed by atoms with Crippen molar-refractivity contribution in [3.63, 3.8) is 0 Å². The Labute approximate surface area is 161 Å². The number of methoxy groups -OCH3 is 1. The molecule has 136 valence electrons. The monoisotopic (exact) mass is 393 g/mol. The summed E-state index contributed by atoms with van der Waals surface area (Å²) in [6, 6.07) is 11.9. The SMILES string of the molecule is COc1ccccc1NC(=O)[C@H](C)OC(=O)/C=C/c1ccc(Cl)c(Cl)c1. The number of hydrogen-bond donors (Lipinski definition) is 1. The quantitative estimate of drug-likeness (QED) is 0.575. The van der Waals surface area contributed by atoms with E-state index in [1.165, 1.54) is 26.2 Å². The number of rotatable bonds is 6. The molecule has 0 aromatic heterocycles. The van der Waals surface area contributed by atoms with E-state index in [0.29, 0.717) is 27.0 Å². The molecule has 7 heteroatoms. The molecule has 0 spiro atoms. The van der Waals surface area contributed by atoms with E-state index in [1.807, 2.05) is 0 Å². The standard InChI is InChI=1S/C19H17Cl2NO4/c1-12(19(24)22-16-5-3-4-6-17(16)25-2)26-18(23)10-8-13-7-9-14(20)15(21)11-13/h3-12H,1-2H3,(H,22,24)/b10-8+/t12-/m0/s1. The highest BCUT2D eigenvalue weighted by Crippen LogP contribution is 2.24. The molecule has 5 nitrogen and oxygen atoms in total. The van der Waals surface area contributed by atoms with Gasteiger partial charge in [-0.3, -0.25) is 4.79 Å². The van der Waals surface area contributed by atoms with E-state index in [9.17, 15) is 9.59 Å². The van der Waals surface area contributed by atoms with Gasteiger partial charge in [-0.1, -0.05) is 41.4 Å². The van der Waals surface area contributed by atoms with Crippen molar-refractivity contribution >= 4 is 46.8 Å². The van der Waals surface area contributed by atoms with Crippen LogP contribution in [0.2, 0.25) is 10.0 Å². The minimum atomic E-state index is -0.981. The molecule has 0 aliphatic heterocycles. The van der Waals surface area contributed by atoms with Crippen molar-refractivity contribution in [3.05, 3.63) is 64.1 Å². The maximum absolute atomic E-state index is 12.2.